The molecule has 0 spiro atoms. The molecule has 0 bridgehead atoms. The highest BCUT2D eigenvalue weighted by Gasteiger charge is 2.23. The third kappa shape index (κ3) is 3.17. The van der Waals surface area contributed by atoms with Crippen molar-refractivity contribution in [1.82, 2.24) is 0 Å². The number of benzene rings is 1. The number of nitrogens with zero attached hydrogens (tertiary/aromatic N) is 1. The van der Waals surface area contributed by atoms with Crippen LogP contribution in [0.15, 0.2) is 18.2 Å². The molecule has 5 heteroatoms. The van der Waals surface area contributed by atoms with Gasteiger partial charge in [0, 0.05) is 25.4 Å². The molecule has 1 heterocycles. The number of carbonyl (C=O) groups is 1. The van der Waals surface area contributed by atoms with E-state index >= 15 is 0 Å². The van der Waals surface area contributed by atoms with E-state index in [0.29, 0.717) is 23.5 Å². The molecule has 2 rings (SSSR count). The van der Waals surface area contributed by atoms with Crippen LogP contribution in [0.3, 0.4) is 0 Å². The number of carboxylic acid groups (broad SMARTS) is 1. The van der Waals surface area contributed by atoms with E-state index in [-0.39, 0.29) is 6.10 Å². The minimum atomic E-state index is -0.923. The van der Waals surface area contributed by atoms with Crippen LogP contribution in [0.1, 0.15) is 30.1 Å². The highest BCUT2D eigenvalue weighted by Crippen LogP contribution is 2.27. The summed E-state index contributed by atoms with van der Waals surface area (Å²) in [5.41, 5.74) is 7.35. The molecule has 0 saturated carbocycles. The number of piperidine rings is 1. The van der Waals surface area contributed by atoms with Crippen molar-refractivity contribution in [2.75, 3.05) is 30.3 Å². The zero-order chi connectivity index (χ0) is 13.8. The summed E-state index contributed by atoms with van der Waals surface area (Å²) in [6.07, 6.45) is 2.19. The van der Waals surface area contributed by atoms with Gasteiger partial charge in [0.05, 0.1) is 17.4 Å². The summed E-state index contributed by atoms with van der Waals surface area (Å²) in [6, 6.07) is 4.92. The van der Waals surface area contributed by atoms with Gasteiger partial charge < -0.3 is 20.5 Å². The number of nitrogen functional groups attached to an aromatic ring is 1. The molecule has 3 N–H and O–H groups in total. The second kappa shape index (κ2) is 5.93. The van der Waals surface area contributed by atoms with Gasteiger partial charge in [-0.15, -0.1) is 0 Å². The second-order valence-corrected chi connectivity index (χ2v) is 4.75. The number of hydrogen-bond acceptors (Lipinski definition) is 4. The Morgan fingerprint density at radius 2 is 2.37 bits per heavy atom. The standard InChI is InChI=1S/C14H20N2O3/c1-2-19-11-4-3-7-16(9-11)13-8-10(15)5-6-12(13)14(17)18/h5-6,8,11H,2-4,7,9,15H2,1H3,(H,17,18). The van der Waals surface area contributed by atoms with E-state index in [1.165, 1.54) is 0 Å². The molecule has 1 fully saturated rings. The van der Waals surface area contributed by atoms with Crippen LogP contribution in [-0.2, 0) is 4.74 Å². The minimum Gasteiger partial charge on any atom is -0.478 e. The van der Waals surface area contributed by atoms with Gasteiger partial charge in [-0.1, -0.05) is 0 Å². The lowest BCUT2D eigenvalue weighted by atomic mass is 10.0. The third-order valence-electron chi connectivity index (χ3n) is 3.37. The lowest BCUT2D eigenvalue weighted by molar-refractivity contribution is 0.0524. The number of anilines is 2. The van der Waals surface area contributed by atoms with Crippen LogP contribution in [0.2, 0.25) is 0 Å². The van der Waals surface area contributed by atoms with Gasteiger partial charge in [0.1, 0.15) is 0 Å². The molecule has 19 heavy (non-hydrogen) atoms. The molecule has 1 unspecified atom stereocenters. The van der Waals surface area contributed by atoms with E-state index < -0.39 is 5.97 Å². The van der Waals surface area contributed by atoms with Crippen molar-refractivity contribution in [3.8, 4) is 0 Å². The van der Waals surface area contributed by atoms with Crippen molar-refractivity contribution in [2.45, 2.75) is 25.9 Å². The highest BCUT2D eigenvalue weighted by atomic mass is 16.5. The summed E-state index contributed by atoms with van der Waals surface area (Å²) in [6.45, 7) is 4.22. The van der Waals surface area contributed by atoms with Crippen LogP contribution in [0.5, 0.6) is 0 Å². The first-order chi connectivity index (χ1) is 9.11. The van der Waals surface area contributed by atoms with Gasteiger partial charge >= 0.3 is 5.97 Å². The Hall–Kier alpha value is -1.75. The number of ether oxygens (including phenoxy) is 1. The lowest BCUT2D eigenvalue weighted by Gasteiger charge is -2.35. The Morgan fingerprint density at radius 1 is 1.58 bits per heavy atom. The summed E-state index contributed by atoms with van der Waals surface area (Å²) in [5, 5.41) is 9.26. The molecule has 0 aromatic heterocycles. The summed E-state index contributed by atoms with van der Waals surface area (Å²) in [7, 11) is 0. The fourth-order valence-corrected chi connectivity index (χ4v) is 2.52. The fraction of sp³-hybridized carbons (Fsp3) is 0.500. The van der Waals surface area contributed by atoms with Crippen LogP contribution in [0.25, 0.3) is 0 Å². The van der Waals surface area contributed by atoms with Crippen molar-refractivity contribution in [3.63, 3.8) is 0 Å². The molecule has 0 radical (unpaired) electrons. The topological polar surface area (TPSA) is 75.8 Å². The predicted molar refractivity (Wildman–Crippen MR) is 74.7 cm³/mol. The summed E-state index contributed by atoms with van der Waals surface area (Å²) >= 11 is 0. The van der Waals surface area contributed by atoms with Crippen molar-refractivity contribution >= 4 is 17.3 Å². The smallest absolute Gasteiger partial charge is 0.337 e. The van der Waals surface area contributed by atoms with Gasteiger partial charge in [0.15, 0.2) is 0 Å². The van der Waals surface area contributed by atoms with E-state index in [0.717, 1.165) is 25.9 Å². The molecule has 0 amide bonds. The number of aromatic carboxylic acids is 1. The van der Waals surface area contributed by atoms with E-state index in [9.17, 15) is 9.90 Å². The molecule has 1 aromatic rings. The van der Waals surface area contributed by atoms with Crippen LogP contribution in [0.4, 0.5) is 11.4 Å². The normalized spacial score (nSPS) is 19.4. The Balaban J connectivity index is 2.24. The van der Waals surface area contributed by atoms with E-state index in [1.807, 2.05) is 6.92 Å². The summed E-state index contributed by atoms with van der Waals surface area (Å²) < 4.78 is 5.64. The molecule has 1 aliphatic heterocycles. The average Bonchev–Trinajstić information content (AvgIpc) is 2.39. The Kier molecular flexibility index (Phi) is 4.27. The van der Waals surface area contributed by atoms with Crippen LogP contribution < -0.4 is 10.6 Å². The first-order valence-electron chi connectivity index (χ1n) is 6.61. The van der Waals surface area contributed by atoms with Crippen LogP contribution >= 0.6 is 0 Å². The first kappa shape index (κ1) is 13.7. The fourth-order valence-electron chi connectivity index (χ4n) is 2.52. The van der Waals surface area contributed by atoms with Crippen molar-refractivity contribution in [1.29, 1.82) is 0 Å². The van der Waals surface area contributed by atoms with Gasteiger partial charge in [0.25, 0.3) is 0 Å². The number of nitrogens with two attached hydrogens (primary N) is 1. The molecule has 1 aliphatic rings. The molecule has 1 atom stereocenters. The zero-order valence-electron chi connectivity index (χ0n) is 11.1. The monoisotopic (exact) mass is 264 g/mol. The zero-order valence-corrected chi connectivity index (χ0v) is 11.1. The first-order valence-corrected chi connectivity index (χ1v) is 6.61. The highest BCUT2D eigenvalue weighted by molar-refractivity contribution is 5.95. The van der Waals surface area contributed by atoms with Gasteiger partial charge in [-0.3, -0.25) is 0 Å². The molecule has 5 nitrogen and oxygen atoms in total. The number of carboxylic acids is 1. The van der Waals surface area contributed by atoms with E-state index in [1.54, 1.807) is 18.2 Å². The lowest BCUT2D eigenvalue weighted by Crippen LogP contribution is -2.40. The maximum atomic E-state index is 11.3. The molecular formula is C14H20N2O3. The minimum absolute atomic E-state index is 0.168. The van der Waals surface area contributed by atoms with Crippen molar-refractivity contribution in [2.24, 2.45) is 0 Å². The van der Waals surface area contributed by atoms with Crippen molar-refractivity contribution in [3.05, 3.63) is 23.8 Å². The Morgan fingerprint density at radius 3 is 3.05 bits per heavy atom. The molecule has 104 valence electrons. The van der Waals surface area contributed by atoms with Crippen LogP contribution in [-0.4, -0.2) is 36.9 Å². The third-order valence-corrected chi connectivity index (χ3v) is 3.37. The van der Waals surface area contributed by atoms with Crippen molar-refractivity contribution < 1.29 is 14.6 Å². The number of hydrogen-bond donors (Lipinski definition) is 2. The summed E-state index contributed by atoms with van der Waals surface area (Å²) in [5.74, 6) is -0.923. The molecule has 1 aromatic carbocycles. The molecular weight excluding hydrogens is 244 g/mol. The maximum absolute atomic E-state index is 11.3. The Bertz CT molecular complexity index is 460. The molecule has 0 aliphatic carbocycles. The Labute approximate surface area is 113 Å². The maximum Gasteiger partial charge on any atom is 0.337 e. The van der Waals surface area contributed by atoms with Gasteiger partial charge in [-0.2, -0.15) is 0 Å². The van der Waals surface area contributed by atoms with E-state index in [2.05, 4.69) is 4.90 Å². The van der Waals surface area contributed by atoms with Crippen LogP contribution in [0, 0.1) is 0 Å². The quantitative estimate of drug-likeness (QED) is 0.813. The number of rotatable bonds is 4. The largest absolute Gasteiger partial charge is 0.478 e. The summed E-state index contributed by atoms with van der Waals surface area (Å²) in [4.78, 5) is 13.3. The molecule has 1 saturated heterocycles. The SMILES string of the molecule is CCOC1CCCN(c2cc(N)ccc2C(=O)O)C1. The van der Waals surface area contributed by atoms with Gasteiger partial charge in [0.2, 0.25) is 0 Å². The predicted octanol–water partition coefficient (Wildman–Crippen LogP) is 1.97. The second-order valence-electron chi connectivity index (χ2n) is 4.75. The van der Waals surface area contributed by atoms with E-state index in [4.69, 9.17) is 10.5 Å². The van der Waals surface area contributed by atoms with Gasteiger partial charge in [-0.05, 0) is 38.0 Å². The average molecular weight is 264 g/mol. The van der Waals surface area contributed by atoms with Gasteiger partial charge in [-0.25, -0.2) is 4.79 Å².